The standard InChI is InChI=1S/C21H16N4O/c1-15-5-4-6-16(13-15)14-23-25-20(17-9-11-22-12-10-17)24-19-8-3-2-7-18(19)21(25)26/h2-14H,1H3. The van der Waals surface area contributed by atoms with Crippen molar-refractivity contribution in [2.45, 2.75) is 6.92 Å². The first-order valence-electron chi connectivity index (χ1n) is 8.25. The predicted octanol–water partition coefficient (Wildman–Crippen LogP) is 3.65. The summed E-state index contributed by atoms with van der Waals surface area (Å²) in [5, 5.41) is 4.97. The Hall–Kier alpha value is -3.60. The minimum atomic E-state index is -0.202. The summed E-state index contributed by atoms with van der Waals surface area (Å²) >= 11 is 0. The highest BCUT2D eigenvalue weighted by Crippen LogP contribution is 2.18. The molecule has 5 nitrogen and oxygen atoms in total. The molecule has 0 aliphatic heterocycles. The molecule has 0 aliphatic rings. The molecule has 0 saturated carbocycles. The summed E-state index contributed by atoms with van der Waals surface area (Å²) in [5.74, 6) is 0.486. The number of pyridine rings is 1. The van der Waals surface area contributed by atoms with Gasteiger partial charge in [-0.05, 0) is 36.8 Å². The van der Waals surface area contributed by atoms with E-state index in [1.54, 1.807) is 24.7 Å². The summed E-state index contributed by atoms with van der Waals surface area (Å²) < 4.78 is 1.35. The molecule has 0 atom stereocenters. The Morgan fingerprint density at radius 1 is 1.00 bits per heavy atom. The zero-order chi connectivity index (χ0) is 17.9. The molecule has 0 radical (unpaired) electrons. The Kier molecular flexibility index (Phi) is 4.11. The summed E-state index contributed by atoms with van der Waals surface area (Å²) in [6, 6.07) is 18.8. The third-order valence-corrected chi connectivity index (χ3v) is 4.06. The van der Waals surface area contributed by atoms with E-state index < -0.39 is 0 Å². The van der Waals surface area contributed by atoms with Crippen molar-refractivity contribution in [2.75, 3.05) is 0 Å². The van der Waals surface area contributed by atoms with Crippen LogP contribution in [0.4, 0.5) is 0 Å². The molecule has 2 aromatic carbocycles. The van der Waals surface area contributed by atoms with Crippen molar-refractivity contribution >= 4 is 17.1 Å². The highest BCUT2D eigenvalue weighted by molar-refractivity contribution is 5.82. The monoisotopic (exact) mass is 340 g/mol. The van der Waals surface area contributed by atoms with Crippen molar-refractivity contribution in [1.29, 1.82) is 0 Å². The van der Waals surface area contributed by atoms with Crippen molar-refractivity contribution in [3.05, 3.63) is 94.5 Å². The van der Waals surface area contributed by atoms with Crippen molar-refractivity contribution in [1.82, 2.24) is 14.6 Å². The Morgan fingerprint density at radius 3 is 2.62 bits per heavy atom. The van der Waals surface area contributed by atoms with Crippen LogP contribution in [0.15, 0.2) is 83.0 Å². The van der Waals surface area contributed by atoms with Gasteiger partial charge in [-0.2, -0.15) is 9.78 Å². The van der Waals surface area contributed by atoms with Crippen LogP contribution in [0.2, 0.25) is 0 Å². The fraction of sp³-hybridized carbons (Fsp3) is 0.0476. The van der Waals surface area contributed by atoms with E-state index >= 15 is 0 Å². The second-order valence-electron chi connectivity index (χ2n) is 5.96. The zero-order valence-electron chi connectivity index (χ0n) is 14.2. The lowest BCUT2D eigenvalue weighted by Gasteiger charge is -2.09. The molecule has 26 heavy (non-hydrogen) atoms. The number of benzene rings is 2. The zero-order valence-corrected chi connectivity index (χ0v) is 14.2. The number of aromatic nitrogens is 3. The molecule has 0 unspecified atom stereocenters. The molecule has 4 rings (SSSR count). The summed E-state index contributed by atoms with van der Waals surface area (Å²) in [7, 11) is 0. The quantitative estimate of drug-likeness (QED) is 0.535. The van der Waals surface area contributed by atoms with Crippen LogP contribution in [0, 0.1) is 6.92 Å². The fourth-order valence-corrected chi connectivity index (χ4v) is 2.79. The Morgan fingerprint density at radius 2 is 1.81 bits per heavy atom. The minimum Gasteiger partial charge on any atom is -0.267 e. The topological polar surface area (TPSA) is 60.1 Å². The van der Waals surface area contributed by atoms with E-state index in [1.165, 1.54) is 4.68 Å². The van der Waals surface area contributed by atoms with Crippen molar-refractivity contribution < 1.29 is 0 Å². The molecule has 2 aromatic heterocycles. The average molecular weight is 340 g/mol. The second-order valence-corrected chi connectivity index (χ2v) is 5.96. The molecule has 0 spiro atoms. The van der Waals surface area contributed by atoms with Crippen LogP contribution < -0.4 is 5.56 Å². The maximum atomic E-state index is 13.0. The third kappa shape index (κ3) is 3.02. The smallest absolute Gasteiger partial charge is 0.267 e. The van der Waals surface area contributed by atoms with Gasteiger partial charge in [0.15, 0.2) is 5.82 Å². The lowest BCUT2D eigenvalue weighted by Crippen LogP contribution is -2.20. The number of nitrogens with zero attached hydrogens (tertiary/aromatic N) is 4. The van der Waals surface area contributed by atoms with E-state index in [-0.39, 0.29) is 5.56 Å². The third-order valence-electron chi connectivity index (χ3n) is 4.06. The molecule has 0 saturated heterocycles. The molecule has 0 bridgehead atoms. The van der Waals surface area contributed by atoms with Gasteiger partial charge < -0.3 is 0 Å². The van der Waals surface area contributed by atoms with Crippen LogP contribution in [0.1, 0.15) is 11.1 Å². The van der Waals surface area contributed by atoms with Crippen LogP contribution in [0.3, 0.4) is 0 Å². The molecular weight excluding hydrogens is 324 g/mol. The maximum absolute atomic E-state index is 13.0. The van der Waals surface area contributed by atoms with E-state index in [9.17, 15) is 4.79 Å². The highest BCUT2D eigenvalue weighted by Gasteiger charge is 2.11. The highest BCUT2D eigenvalue weighted by atomic mass is 16.1. The summed E-state index contributed by atoms with van der Waals surface area (Å²) in [6.45, 7) is 2.02. The lowest BCUT2D eigenvalue weighted by atomic mass is 10.2. The number of aryl methyl sites for hydroxylation is 1. The van der Waals surface area contributed by atoms with Gasteiger partial charge in [-0.1, -0.05) is 42.0 Å². The number of rotatable bonds is 3. The van der Waals surface area contributed by atoms with Gasteiger partial charge in [0, 0.05) is 18.0 Å². The Balaban J connectivity index is 1.94. The van der Waals surface area contributed by atoms with Gasteiger partial charge in [0.2, 0.25) is 0 Å². The first kappa shape index (κ1) is 15.9. The van der Waals surface area contributed by atoms with Crippen molar-refractivity contribution in [3.8, 4) is 11.4 Å². The normalized spacial score (nSPS) is 11.3. The molecule has 5 heteroatoms. The molecule has 0 aliphatic carbocycles. The van der Waals surface area contributed by atoms with E-state index in [1.807, 2.05) is 61.5 Å². The van der Waals surface area contributed by atoms with Gasteiger partial charge in [-0.15, -0.1) is 0 Å². The van der Waals surface area contributed by atoms with Gasteiger partial charge in [0.1, 0.15) is 0 Å². The van der Waals surface area contributed by atoms with Gasteiger partial charge in [0.05, 0.1) is 17.1 Å². The summed E-state index contributed by atoms with van der Waals surface area (Å²) in [6.07, 6.45) is 5.02. The first-order valence-corrected chi connectivity index (χ1v) is 8.25. The van der Waals surface area contributed by atoms with Crippen LogP contribution in [-0.4, -0.2) is 20.9 Å². The van der Waals surface area contributed by atoms with Crippen molar-refractivity contribution in [2.24, 2.45) is 5.10 Å². The van der Waals surface area contributed by atoms with Crippen LogP contribution in [-0.2, 0) is 0 Å². The molecule has 126 valence electrons. The van der Waals surface area contributed by atoms with Gasteiger partial charge in [-0.25, -0.2) is 4.98 Å². The number of hydrogen-bond acceptors (Lipinski definition) is 4. The van der Waals surface area contributed by atoms with E-state index in [2.05, 4.69) is 15.1 Å². The number of fused-ring (bicyclic) bond motifs is 1. The molecule has 4 aromatic rings. The van der Waals surface area contributed by atoms with Gasteiger partial charge in [-0.3, -0.25) is 9.78 Å². The number of hydrogen-bond donors (Lipinski definition) is 0. The molecule has 0 amide bonds. The molecule has 0 N–H and O–H groups in total. The summed E-state index contributed by atoms with van der Waals surface area (Å²) in [4.78, 5) is 21.7. The summed E-state index contributed by atoms with van der Waals surface area (Å²) in [5.41, 5.74) is 3.28. The Bertz CT molecular complexity index is 1160. The van der Waals surface area contributed by atoms with E-state index in [0.717, 1.165) is 16.7 Å². The van der Waals surface area contributed by atoms with Gasteiger partial charge >= 0.3 is 0 Å². The SMILES string of the molecule is Cc1cccc(C=Nn2c(-c3ccncc3)nc3ccccc3c2=O)c1. The second kappa shape index (κ2) is 6.72. The number of para-hydroxylation sites is 1. The maximum Gasteiger partial charge on any atom is 0.282 e. The molecule has 0 fully saturated rings. The largest absolute Gasteiger partial charge is 0.282 e. The minimum absolute atomic E-state index is 0.202. The lowest BCUT2D eigenvalue weighted by molar-refractivity contribution is 0.829. The van der Waals surface area contributed by atoms with Crippen LogP contribution >= 0.6 is 0 Å². The van der Waals surface area contributed by atoms with E-state index in [4.69, 9.17) is 0 Å². The average Bonchev–Trinajstić information content (AvgIpc) is 2.68. The van der Waals surface area contributed by atoms with E-state index in [0.29, 0.717) is 16.7 Å². The van der Waals surface area contributed by atoms with Crippen molar-refractivity contribution in [3.63, 3.8) is 0 Å². The fourth-order valence-electron chi connectivity index (χ4n) is 2.79. The Labute approximate surface area is 150 Å². The predicted molar refractivity (Wildman–Crippen MR) is 103 cm³/mol. The van der Waals surface area contributed by atoms with Crippen LogP contribution in [0.25, 0.3) is 22.3 Å². The van der Waals surface area contributed by atoms with Crippen LogP contribution in [0.5, 0.6) is 0 Å². The first-order chi connectivity index (χ1) is 12.7. The molecule has 2 heterocycles. The molecular formula is C21H16N4O. The van der Waals surface area contributed by atoms with Gasteiger partial charge in [0.25, 0.3) is 5.56 Å².